The summed E-state index contributed by atoms with van der Waals surface area (Å²) < 4.78 is 38.8. The molecule has 2 aromatic heterocycles. The lowest BCUT2D eigenvalue weighted by Crippen LogP contribution is -2.47. The largest absolute Gasteiger partial charge is 0.471 e. The van der Waals surface area contributed by atoms with Crippen LogP contribution in [0.2, 0.25) is 0 Å². The number of hydrogen-bond acceptors (Lipinski definition) is 6. The molecule has 1 saturated heterocycles. The van der Waals surface area contributed by atoms with Crippen molar-refractivity contribution in [3.8, 4) is 0 Å². The molecule has 2 bridgehead atoms. The van der Waals surface area contributed by atoms with E-state index in [9.17, 15) is 22.8 Å². The molecule has 2 atom stereocenters. The molecule has 1 fully saturated rings. The van der Waals surface area contributed by atoms with Crippen LogP contribution in [0.25, 0.3) is 0 Å². The Morgan fingerprint density at radius 2 is 2.04 bits per heavy atom. The molecular formula is C15H14F3N5O2S. The van der Waals surface area contributed by atoms with Gasteiger partial charge in [0.15, 0.2) is 0 Å². The molecule has 2 aromatic rings. The van der Waals surface area contributed by atoms with E-state index in [0.717, 1.165) is 23.5 Å². The SMILES string of the molecule is O=C(Nc1nnc(N2C[C@H]3C[C@H](C2)c2cccc(=O)n2C3)s1)C(F)(F)F. The second-order valence-corrected chi connectivity index (χ2v) is 7.40. The number of piperidine rings is 1. The normalized spacial score (nSPS) is 22.0. The topological polar surface area (TPSA) is 80.1 Å². The maximum atomic E-state index is 12.3. The first-order chi connectivity index (χ1) is 12.3. The molecule has 7 nitrogen and oxygen atoms in total. The minimum absolute atomic E-state index is 0.0151. The third-order valence-electron chi connectivity index (χ3n) is 4.64. The molecule has 1 N–H and O–H groups in total. The minimum atomic E-state index is -4.97. The number of hydrogen-bond donors (Lipinski definition) is 1. The highest BCUT2D eigenvalue weighted by atomic mass is 32.1. The van der Waals surface area contributed by atoms with Gasteiger partial charge in [0.05, 0.1) is 0 Å². The number of carbonyl (C=O) groups is 1. The van der Waals surface area contributed by atoms with Crippen molar-refractivity contribution in [1.29, 1.82) is 0 Å². The van der Waals surface area contributed by atoms with Crippen LogP contribution < -0.4 is 15.8 Å². The van der Waals surface area contributed by atoms with E-state index in [1.165, 1.54) is 0 Å². The summed E-state index contributed by atoms with van der Waals surface area (Å²) in [6.07, 6.45) is -4.01. The number of carbonyl (C=O) groups excluding carboxylic acids is 1. The fourth-order valence-electron chi connectivity index (χ4n) is 3.61. The third kappa shape index (κ3) is 3.06. The molecular weight excluding hydrogens is 371 g/mol. The first kappa shape index (κ1) is 17.0. The predicted octanol–water partition coefficient (Wildman–Crippen LogP) is 1.82. The van der Waals surface area contributed by atoms with Crippen LogP contribution in [0.3, 0.4) is 0 Å². The fourth-order valence-corrected chi connectivity index (χ4v) is 4.37. The zero-order valence-electron chi connectivity index (χ0n) is 13.4. The summed E-state index contributed by atoms with van der Waals surface area (Å²) in [6.45, 7) is 1.85. The number of nitrogens with one attached hydrogen (secondary N) is 1. The average Bonchev–Trinajstić information content (AvgIpc) is 3.03. The molecule has 0 aromatic carbocycles. The first-order valence-corrected chi connectivity index (χ1v) is 8.79. The molecule has 4 rings (SSSR count). The van der Waals surface area contributed by atoms with Gasteiger partial charge in [0, 0.05) is 37.3 Å². The Morgan fingerprint density at radius 1 is 1.23 bits per heavy atom. The smallest absolute Gasteiger partial charge is 0.346 e. The van der Waals surface area contributed by atoms with Gasteiger partial charge in [-0.25, -0.2) is 0 Å². The molecule has 0 aliphatic carbocycles. The summed E-state index contributed by atoms with van der Waals surface area (Å²) >= 11 is 0.910. The van der Waals surface area contributed by atoms with Crippen molar-refractivity contribution in [2.24, 2.45) is 5.92 Å². The van der Waals surface area contributed by atoms with Gasteiger partial charge in [0.2, 0.25) is 10.3 Å². The van der Waals surface area contributed by atoms with E-state index in [1.807, 2.05) is 11.0 Å². The number of fused-ring (bicyclic) bond motifs is 4. The summed E-state index contributed by atoms with van der Waals surface area (Å²) in [5.74, 6) is -1.67. The minimum Gasteiger partial charge on any atom is -0.346 e. The van der Waals surface area contributed by atoms with Gasteiger partial charge in [-0.05, 0) is 18.4 Å². The van der Waals surface area contributed by atoms with Gasteiger partial charge in [0.1, 0.15) is 0 Å². The standard InChI is InChI=1S/C15H14F3N5O2S/c16-15(17,18)12(25)19-13-20-21-14(26-13)22-5-8-4-9(7-22)10-2-1-3-11(24)23(10)6-8/h1-3,8-9H,4-7H2,(H,19,20,25)/t8-,9-/m1/s1. The number of nitrogens with zero attached hydrogens (tertiary/aromatic N) is 4. The summed E-state index contributed by atoms with van der Waals surface area (Å²) in [7, 11) is 0. The number of anilines is 2. The second-order valence-electron chi connectivity index (χ2n) is 6.44. The summed E-state index contributed by atoms with van der Waals surface area (Å²) in [5, 5.41) is 9.56. The third-order valence-corrected chi connectivity index (χ3v) is 5.54. The highest BCUT2D eigenvalue weighted by Crippen LogP contribution is 2.38. The van der Waals surface area contributed by atoms with Crippen molar-refractivity contribution < 1.29 is 18.0 Å². The van der Waals surface area contributed by atoms with Gasteiger partial charge in [-0.3, -0.25) is 14.9 Å². The first-order valence-electron chi connectivity index (χ1n) is 7.97. The number of amides is 1. The van der Waals surface area contributed by atoms with Crippen LogP contribution in [0, 0.1) is 5.92 Å². The Bertz CT molecular complexity index is 909. The van der Waals surface area contributed by atoms with E-state index in [2.05, 4.69) is 10.2 Å². The summed E-state index contributed by atoms with van der Waals surface area (Å²) in [5.41, 5.74) is 0.951. The molecule has 2 aliphatic rings. The van der Waals surface area contributed by atoms with Crippen LogP contribution in [0.1, 0.15) is 18.0 Å². The van der Waals surface area contributed by atoms with Crippen molar-refractivity contribution in [2.75, 3.05) is 23.3 Å². The number of aromatic nitrogens is 3. The van der Waals surface area contributed by atoms with Crippen LogP contribution in [0.5, 0.6) is 0 Å². The zero-order chi connectivity index (χ0) is 18.5. The molecule has 0 saturated carbocycles. The molecule has 138 valence electrons. The molecule has 1 amide bonds. The Kier molecular flexibility index (Phi) is 3.98. The lowest BCUT2D eigenvalue weighted by Gasteiger charge is -2.42. The average molecular weight is 385 g/mol. The Morgan fingerprint density at radius 3 is 2.81 bits per heavy atom. The molecule has 0 radical (unpaired) electrons. The lowest BCUT2D eigenvalue weighted by atomic mass is 9.83. The number of halogens is 3. The molecule has 11 heteroatoms. The number of pyridine rings is 1. The number of alkyl halides is 3. The van der Waals surface area contributed by atoms with Crippen molar-refractivity contribution in [2.45, 2.75) is 25.1 Å². The van der Waals surface area contributed by atoms with Crippen molar-refractivity contribution in [3.05, 3.63) is 34.2 Å². The van der Waals surface area contributed by atoms with Crippen LogP contribution in [0.4, 0.5) is 23.4 Å². The highest BCUT2D eigenvalue weighted by molar-refractivity contribution is 7.19. The molecule has 26 heavy (non-hydrogen) atoms. The van der Waals surface area contributed by atoms with Gasteiger partial charge in [0.25, 0.3) is 5.56 Å². The van der Waals surface area contributed by atoms with Crippen molar-refractivity contribution in [3.63, 3.8) is 0 Å². The van der Waals surface area contributed by atoms with Crippen LogP contribution in [-0.4, -0.2) is 39.9 Å². The maximum Gasteiger partial charge on any atom is 0.471 e. The molecule has 4 heterocycles. The van der Waals surface area contributed by atoms with Gasteiger partial charge < -0.3 is 9.47 Å². The summed E-state index contributed by atoms with van der Waals surface area (Å²) in [6, 6.07) is 5.21. The Hall–Kier alpha value is -2.43. The van der Waals surface area contributed by atoms with E-state index in [-0.39, 0.29) is 22.5 Å². The quantitative estimate of drug-likeness (QED) is 0.853. The number of rotatable bonds is 2. The van der Waals surface area contributed by atoms with Gasteiger partial charge in [-0.1, -0.05) is 17.4 Å². The molecule has 0 spiro atoms. The van der Waals surface area contributed by atoms with E-state index < -0.39 is 12.1 Å². The van der Waals surface area contributed by atoms with Crippen LogP contribution >= 0.6 is 11.3 Å². The van der Waals surface area contributed by atoms with Crippen molar-refractivity contribution >= 4 is 27.5 Å². The van der Waals surface area contributed by atoms with Gasteiger partial charge in [-0.15, -0.1) is 10.2 Å². The monoisotopic (exact) mass is 385 g/mol. The van der Waals surface area contributed by atoms with E-state index >= 15 is 0 Å². The van der Waals surface area contributed by atoms with E-state index in [1.54, 1.807) is 22.0 Å². The maximum absolute atomic E-state index is 12.3. The van der Waals surface area contributed by atoms with E-state index in [0.29, 0.717) is 24.8 Å². The van der Waals surface area contributed by atoms with Crippen molar-refractivity contribution in [1.82, 2.24) is 14.8 Å². The van der Waals surface area contributed by atoms with Gasteiger partial charge >= 0.3 is 12.1 Å². The van der Waals surface area contributed by atoms with Crippen LogP contribution in [-0.2, 0) is 11.3 Å². The van der Waals surface area contributed by atoms with Gasteiger partial charge in [-0.2, -0.15) is 13.2 Å². The Labute approximate surface area is 149 Å². The molecule has 0 unspecified atom stereocenters. The highest BCUT2D eigenvalue weighted by Gasteiger charge is 2.40. The molecule has 2 aliphatic heterocycles. The predicted molar refractivity (Wildman–Crippen MR) is 88.4 cm³/mol. The lowest BCUT2D eigenvalue weighted by molar-refractivity contribution is -0.167. The van der Waals surface area contributed by atoms with Crippen LogP contribution in [0.15, 0.2) is 23.0 Å². The second kappa shape index (κ2) is 6.08. The fraction of sp³-hybridized carbons (Fsp3) is 0.467. The summed E-state index contributed by atoms with van der Waals surface area (Å²) in [4.78, 5) is 25.0. The zero-order valence-corrected chi connectivity index (χ0v) is 14.2. The Balaban J connectivity index is 1.53. The van der Waals surface area contributed by atoms with E-state index in [4.69, 9.17) is 0 Å².